The van der Waals surface area contributed by atoms with Gasteiger partial charge in [-0.1, -0.05) is 19.4 Å². The summed E-state index contributed by atoms with van der Waals surface area (Å²) in [6.07, 6.45) is 2.30. The molecule has 1 aromatic rings. The normalized spacial score (nSPS) is 21.5. The molecule has 1 aromatic carbocycles. The van der Waals surface area contributed by atoms with E-state index in [0.717, 1.165) is 56.0 Å². The first-order chi connectivity index (χ1) is 9.29. The van der Waals surface area contributed by atoms with Crippen molar-refractivity contribution in [2.75, 3.05) is 36.8 Å². The molecule has 0 aromatic heterocycles. The lowest BCUT2D eigenvalue weighted by Gasteiger charge is -2.24. The summed E-state index contributed by atoms with van der Waals surface area (Å²) in [4.78, 5) is 14.6. The number of hydrogen-bond donors (Lipinski definition) is 2. The van der Waals surface area contributed by atoms with E-state index in [9.17, 15) is 4.79 Å². The molecule has 2 aliphatic heterocycles. The third-order valence-electron chi connectivity index (χ3n) is 4.19. The van der Waals surface area contributed by atoms with Crippen LogP contribution in [0.15, 0.2) is 18.2 Å². The number of nitrogens with zero attached hydrogens (tertiary/aromatic N) is 1. The Morgan fingerprint density at radius 2 is 2.21 bits per heavy atom. The maximum Gasteiger partial charge on any atom is 0.256 e. The summed E-state index contributed by atoms with van der Waals surface area (Å²) < 4.78 is 0. The van der Waals surface area contributed by atoms with Gasteiger partial charge < -0.3 is 15.5 Å². The number of para-hydroxylation sites is 1. The van der Waals surface area contributed by atoms with Crippen molar-refractivity contribution in [2.45, 2.75) is 19.8 Å². The fourth-order valence-corrected chi connectivity index (χ4v) is 2.97. The number of carbonyl (C=O) groups is 1. The molecule has 1 saturated heterocycles. The zero-order valence-electron chi connectivity index (χ0n) is 11.4. The topological polar surface area (TPSA) is 44.4 Å². The lowest BCUT2D eigenvalue weighted by Crippen LogP contribution is -2.31. The second-order valence-corrected chi connectivity index (χ2v) is 5.40. The van der Waals surface area contributed by atoms with Crippen molar-refractivity contribution >= 4 is 17.3 Å². The van der Waals surface area contributed by atoms with Crippen LogP contribution in [-0.2, 0) is 0 Å². The highest BCUT2D eigenvalue weighted by molar-refractivity contribution is 6.02. The van der Waals surface area contributed by atoms with E-state index < -0.39 is 0 Å². The Morgan fingerprint density at radius 1 is 1.37 bits per heavy atom. The molecule has 1 atom stereocenters. The molecule has 3 rings (SSSR count). The second-order valence-electron chi connectivity index (χ2n) is 5.40. The molecule has 0 bridgehead atoms. The molecule has 4 heteroatoms. The highest BCUT2D eigenvalue weighted by atomic mass is 16.2. The summed E-state index contributed by atoms with van der Waals surface area (Å²) in [7, 11) is 0. The average molecular weight is 259 g/mol. The van der Waals surface area contributed by atoms with Crippen molar-refractivity contribution in [2.24, 2.45) is 5.92 Å². The van der Waals surface area contributed by atoms with Crippen LogP contribution in [0.25, 0.3) is 0 Å². The van der Waals surface area contributed by atoms with Crippen LogP contribution in [-0.4, -0.2) is 37.0 Å². The summed E-state index contributed by atoms with van der Waals surface area (Å²) in [5, 5.41) is 6.69. The number of amides is 1. The van der Waals surface area contributed by atoms with E-state index in [1.165, 1.54) is 0 Å². The highest BCUT2D eigenvalue weighted by Crippen LogP contribution is 2.30. The first-order valence-electron chi connectivity index (χ1n) is 7.19. The zero-order valence-corrected chi connectivity index (χ0v) is 11.4. The molecule has 1 fully saturated rings. The number of likely N-dealkylation sites (tertiary alicyclic amines) is 1. The smallest absolute Gasteiger partial charge is 0.256 e. The second kappa shape index (κ2) is 5.11. The Labute approximate surface area is 114 Å². The maximum absolute atomic E-state index is 12.6. The van der Waals surface area contributed by atoms with Gasteiger partial charge in [-0.2, -0.15) is 0 Å². The monoisotopic (exact) mass is 259 g/mol. The minimum absolute atomic E-state index is 0.170. The van der Waals surface area contributed by atoms with Crippen LogP contribution in [0, 0.1) is 5.92 Å². The Bertz CT molecular complexity index is 486. The highest BCUT2D eigenvalue weighted by Gasteiger charge is 2.28. The van der Waals surface area contributed by atoms with E-state index >= 15 is 0 Å². The summed E-state index contributed by atoms with van der Waals surface area (Å²) in [6, 6.07) is 5.91. The predicted octanol–water partition coefficient (Wildman–Crippen LogP) is 2.40. The van der Waals surface area contributed by atoms with Gasteiger partial charge in [0.15, 0.2) is 0 Å². The van der Waals surface area contributed by atoms with Gasteiger partial charge in [-0.3, -0.25) is 4.79 Å². The van der Waals surface area contributed by atoms with Crippen molar-refractivity contribution in [3.8, 4) is 0 Å². The van der Waals surface area contributed by atoms with Crippen molar-refractivity contribution < 1.29 is 4.79 Å². The quantitative estimate of drug-likeness (QED) is 0.857. The number of nitrogens with one attached hydrogen (secondary N) is 2. The van der Waals surface area contributed by atoms with Crippen LogP contribution in [0.2, 0.25) is 0 Å². The van der Waals surface area contributed by atoms with Gasteiger partial charge >= 0.3 is 0 Å². The van der Waals surface area contributed by atoms with Crippen LogP contribution in [0.1, 0.15) is 30.1 Å². The minimum atomic E-state index is 0.170. The van der Waals surface area contributed by atoms with Crippen LogP contribution in [0.4, 0.5) is 11.4 Å². The molecule has 0 aliphatic carbocycles. The molecule has 0 spiro atoms. The number of fused-ring (bicyclic) bond motifs is 1. The summed E-state index contributed by atoms with van der Waals surface area (Å²) in [5.41, 5.74) is 2.82. The SMILES string of the molecule is CCC1CCN(C(=O)c2cccc3c2NCCN3)C1. The van der Waals surface area contributed by atoms with E-state index in [1.807, 2.05) is 23.1 Å². The number of rotatable bonds is 2. The van der Waals surface area contributed by atoms with Crippen LogP contribution in [0.3, 0.4) is 0 Å². The third kappa shape index (κ3) is 2.27. The Morgan fingerprint density at radius 3 is 3.00 bits per heavy atom. The standard InChI is InChI=1S/C15H21N3O/c1-2-11-6-9-18(10-11)15(19)12-4-3-5-13-14(12)17-8-7-16-13/h3-5,11,16-17H,2,6-10H2,1H3. The lowest BCUT2D eigenvalue weighted by molar-refractivity contribution is 0.0788. The Balaban J connectivity index is 1.84. The number of anilines is 2. The molecule has 2 N–H and O–H groups in total. The van der Waals surface area contributed by atoms with Crippen LogP contribution < -0.4 is 10.6 Å². The van der Waals surface area contributed by atoms with E-state index in [1.54, 1.807) is 0 Å². The molecule has 19 heavy (non-hydrogen) atoms. The van der Waals surface area contributed by atoms with E-state index in [2.05, 4.69) is 17.6 Å². The van der Waals surface area contributed by atoms with Gasteiger partial charge in [-0.15, -0.1) is 0 Å². The number of hydrogen-bond acceptors (Lipinski definition) is 3. The molecule has 1 amide bonds. The van der Waals surface area contributed by atoms with Gasteiger partial charge in [0.05, 0.1) is 16.9 Å². The summed E-state index contributed by atoms with van der Waals surface area (Å²) in [5.74, 6) is 0.846. The van der Waals surface area contributed by atoms with Gasteiger partial charge in [0.2, 0.25) is 0 Å². The molecule has 4 nitrogen and oxygen atoms in total. The maximum atomic E-state index is 12.6. The van der Waals surface area contributed by atoms with E-state index in [4.69, 9.17) is 0 Å². The van der Waals surface area contributed by atoms with Gasteiger partial charge in [0, 0.05) is 26.2 Å². The van der Waals surface area contributed by atoms with Gasteiger partial charge in [0.25, 0.3) is 5.91 Å². The van der Waals surface area contributed by atoms with Crippen molar-refractivity contribution in [3.63, 3.8) is 0 Å². The first kappa shape index (κ1) is 12.3. The summed E-state index contributed by atoms with van der Waals surface area (Å²) in [6.45, 7) is 5.79. The Hall–Kier alpha value is -1.71. The van der Waals surface area contributed by atoms with Crippen LogP contribution >= 0.6 is 0 Å². The zero-order chi connectivity index (χ0) is 13.2. The largest absolute Gasteiger partial charge is 0.382 e. The predicted molar refractivity (Wildman–Crippen MR) is 77.7 cm³/mol. The van der Waals surface area contributed by atoms with Gasteiger partial charge in [0.1, 0.15) is 0 Å². The lowest BCUT2D eigenvalue weighted by atomic mass is 10.1. The van der Waals surface area contributed by atoms with Gasteiger partial charge in [-0.05, 0) is 24.5 Å². The fraction of sp³-hybridized carbons (Fsp3) is 0.533. The first-order valence-corrected chi connectivity index (χ1v) is 7.19. The van der Waals surface area contributed by atoms with E-state index in [0.29, 0.717) is 5.92 Å². The molecule has 2 aliphatic rings. The van der Waals surface area contributed by atoms with Gasteiger partial charge in [-0.25, -0.2) is 0 Å². The average Bonchev–Trinajstić information content (AvgIpc) is 2.95. The van der Waals surface area contributed by atoms with Crippen molar-refractivity contribution in [1.82, 2.24) is 4.90 Å². The summed E-state index contributed by atoms with van der Waals surface area (Å²) >= 11 is 0. The van der Waals surface area contributed by atoms with Crippen molar-refractivity contribution in [3.05, 3.63) is 23.8 Å². The molecule has 102 valence electrons. The molecule has 0 radical (unpaired) electrons. The molecular weight excluding hydrogens is 238 g/mol. The Kier molecular flexibility index (Phi) is 3.32. The molecular formula is C15H21N3O. The van der Waals surface area contributed by atoms with E-state index in [-0.39, 0.29) is 5.91 Å². The molecule has 2 heterocycles. The number of carbonyl (C=O) groups excluding carboxylic acids is 1. The van der Waals surface area contributed by atoms with Crippen LogP contribution in [0.5, 0.6) is 0 Å². The third-order valence-corrected chi connectivity index (χ3v) is 4.19. The molecule has 0 saturated carbocycles. The fourth-order valence-electron chi connectivity index (χ4n) is 2.97. The minimum Gasteiger partial charge on any atom is -0.382 e. The van der Waals surface area contributed by atoms with Crippen molar-refractivity contribution in [1.29, 1.82) is 0 Å². The molecule has 1 unspecified atom stereocenters. The number of benzene rings is 1.